The summed E-state index contributed by atoms with van der Waals surface area (Å²) in [6.07, 6.45) is 2.59. The number of carbonyl (C=O) groups excluding carboxylic acids is 2. The highest BCUT2D eigenvalue weighted by atomic mass is 16.5. The predicted octanol–water partition coefficient (Wildman–Crippen LogP) is 1.81. The van der Waals surface area contributed by atoms with Crippen molar-refractivity contribution in [3.8, 4) is 0 Å². The largest absolute Gasteiger partial charge is 0.461 e. The summed E-state index contributed by atoms with van der Waals surface area (Å²) in [4.78, 5) is 25.3. The first-order chi connectivity index (χ1) is 9.70. The van der Waals surface area contributed by atoms with Crippen molar-refractivity contribution in [2.45, 2.75) is 12.8 Å². The molecular weight excluding hydrogens is 254 g/mol. The van der Waals surface area contributed by atoms with Crippen LogP contribution in [0.25, 0.3) is 0 Å². The Hall–Kier alpha value is -2.10. The molecule has 20 heavy (non-hydrogen) atoms. The Morgan fingerprint density at radius 2 is 2.15 bits per heavy atom. The quantitative estimate of drug-likeness (QED) is 0.586. The number of esters is 1. The van der Waals surface area contributed by atoms with E-state index in [4.69, 9.17) is 4.74 Å². The third kappa shape index (κ3) is 3.70. The molecule has 1 amide bonds. The van der Waals surface area contributed by atoms with Crippen molar-refractivity contribution in [2.24, 2.45) is 5.92 Å². The second-order valence-corrected chi connectivity index (χ2v) is 4.90. The Balaban J connectivity index is 1.83. The fourth-order valence-corrected chi connectivity index (χ4v) is 2.31. The molecule has 1 atom stereocenters. The maximum Gasteiger partial charge on any atom is 0.311 e. The lowest BCUT2D eigenvalue weighted by Crippen LogP contribution is -2.28. The van der Waals surface area contributed by atoms with Crippen molar-refractivity contribution >= 4 is 11.9 Å². The highest BCUT2D eigenvalue weighted by Gasteiger charge is 2.34. The van der Waals surface area contributed by atoms with Gasteiger partial charge in [-0.3, -0.25) is 9.59 Å². The van der Waals surface area contributed by atoms with Gasteiger partial charge in [0, 0.05) is 19.5 Å². The zero-order chi connectivity index (χ0) is 14.4. The molecule has 106 valence electrons. The van der Waals surface area contributed by atoms with Gasteiger partial charge in [-0.15, -0.1) is 0 Å². The van der Waals surface area contributed by atoms with E-state index in [0.29, 0.717) is 13.1 Å². The Morgan fingerprint density at radius 1 is 1.40 bits per heavy atom. The molecule has 0 radical (unpaired) electrons. The van der Waals surface area contributed by atoms with Gasteiger partial charge in [0.15, 0.2) is 0 Å². The first kappa shape index (κ1) is 14.3. The Labute approximate surface area is 119 Å². The maximum atomic E-state index is 11.9. The number of likely N-dealkylation sites (tertiary alicyclic amines) is 1. The van der Waals surface area contributed by atoms with Crippen LogP contribution in [-0.4, -0.2) is 36.5 Å². The topological polar surface area (TPSA) is 46.6 Å². The van der Waals surface area contributed by atoms with E-state index in [0.717, 1.165) is 6.42 Å². The summed E-state index contributed by atoms with van der Waals surface area (Å²) in [6, 6.07) is 10.0. The molecule has 1 aliphatic heterocycles. The minimum absolute atomic E-state index is 0.0292. The first-order valence-electron chi connectivity index (χ1n) is 6.80. The van der Waals surface area contributed by atoms with Crippen LogP contribution in [0.1, 0.15) is 12.0 Å². The molecule has 0 bridgehead atoms. The number of hydrogen-bond acceptors (Lipinski definition) is 3. The number of rotatable bonds is 6. The average molecular weight is 273 g/mol. The monoisotopic (exact) mass is 273 g/mol. The van der Waals surface area contributed by atoms with Gasteiger partial charge in [-0.1, -0.05) is 43.0 Å². The van der Waals surface area contributed by atoms with Gasteiger partial charge in [-0.2, -0.15) is 0 Å². The van der Waals surface area contributed by atoms with Crippen LogP contribution in [0, 0.1) is 5.92 Å². The molecule has 1 unspecified atom stereocenters. The number of carbonyl (C=O) groups is 2. The minimum atomic E-state index is -0.335. The number of hydrogen-bond donors (Lipinski definition) is 0. The van der Waals surface area contributed by atoms with E-state index in [1.165, 1.54) is 11.6 Å². The van der Waals surface area contributed by atoms with Gasteiger partial charge in [0.05, 0.1) is 5.92 Å². The lowest BCUT2D eigenvalue weighted by atomic mass is 10.1. The number of benzene rings is 1. The van der Waals surface area contributed by atoms with Crippen molar-refractivity contribution in [1.82, 2.24) is 4.90 Å². The van der Waals surface area contributed by atoms with Crippen molar-refractivity contribution < 1.29 is 14.3 Å². The lowest BCUT2D eigenvalue weighted by molar-refractivity contribution is -0.147. The normalized spacial score (nSPS) is 18.1. The summed E-state index contributed by atoms with van der Waals surface area (Å²) in [5.41, 5.74) is 1.19. The van der Waals surface area contributed by atoms with E-state index in [1.807, 2.05) is 30.3 Å². The van der Waals surface area contributed by atoms with Crippen LogP contribution < -0.4 is 0 Å². The van der Waals surface area contributed by atoms with E-state index in [2.05, 4.69) is 6.58 Å². The molecule has 1 aromatic rings. The summed E-state index contributed by atoms with van der Waals surface area (Å²) in [5, 5.41) is 0. The molecule has 2 rings (SSSR count). The van der Waals surface area contributed by atoms with Crippen molar-refractivity contribution in [3.63, 3.8) is 0 Å². The predicted molar refractivity (Wildman–Crippen MR) is 76.0 cm³/mol. The summed E-state index contributed by atoms with van der Waals surface area (Å²) >= 11 is 0. The molecule has 1 heterocycles. The number of nitrogens with zero attached hydrogens (tertiary/aromatic N) is 1. The van der Waals surface area contributed by atoms with E-state index < -0.39 is 0 Å². The minimum Gasteiger partial charge on any atom is -0.461 e. The molecule has 0 aliphatic carbocycles. The van der Waals surface area contributed by atoms with Crippen LogP contribution in [0.5, 0.6) is 0 Å². The molecule has 0 aromatic heterocycles. The van der Waals surface area contributed by atoms with E-state index >= 15 is 0 Å². The van der Waals surface area contributed by atoms with Crippen LogP contribution in [0.4, 0.5) is 0 Å². The SMILES string of the molecule is C=CCOC(=O)C1CC(=O)N(CCc2ccccc2)C1. The number of amides is 1. The smallest absolute Gasteiger partial charge is 0.311 e. The van der Waals surface area contributed by atoms with Crippen molar-refractivity contribution in [1.29, 1.82) is 0 Å². The highest BCUT2D eigenvalue weighted by molar-refractivity contribution is 5.86. The Kier molecular flexibility index (Phi) is 4.93. The third-order valence-corrected chi connectivity index (χ3v) is 3.40. The van der Waals surface area contributed by atoms with Crippen LogP contribution >= 0.6 is 0 Å². The van der Waals surface area contributed by atoms with Gasteiger partial charge in [0.2, 0.25) is 5.91 Å². The van der Waals surface area contributed by atoms with Gasteiger partial charge in [0.1, 0.15) is 6.61 Å². The third-order valence-electron chi connectivity index (χ3n) is 3.40. The summed E-state index contributed by atoms with van der Waals surface area (Å²) < 4.78 is 5.00. The Bertz CT molecular complexity index is 484. The molecule has 1 saturated heterocycles. The van der Waals surface area contributed by atoms with Gasteiger partial charge in [-0.05, 0) is 12.0 Å². The first-order valence-corrected chi connectivity index (χ1v) is 6.80. The second kappa shape index (κ2) is 6.89. The van der Waals surface area contributed by atoms with Crippen LogP contribution in [0.3, 0.4) is 0 Å². The van der Waals surface area contributed by atoms with Crippen molar-refractivity contribution in [3.05, 3.63) is 48.6 Å². The van der Waals surface area contributed by atoms with E-state index in [1.54, 1.807) is 4.90 Å². The second-order valence-electron chi connectivity index (χ2n) is 4.90. The van der Waals surface area contributed by atoms with Gasteiger partial charge >= 0.3 is 5.97 Å². The molecule has 1 aromatic carbocycles. The van der Waals surface area contributed by atoms with Crippen LogP contribution in [0.2, 0.25) is 0 Å². The number of ether oxygens (including phenoxy) is 1. The molecule has 0 N–H and O–H groups in total. The zero-order valence-electron chi connectivity index (χ0n) is 11.5. The van der Waals surface area contributed by atoms with Gasteiger partial charge in [-0.25, -0.2) is 0 Å². The van der Waals surface area contributed by atoms with Gasteiger partial charge in [0.25, 0.3) is 0 Å². The highest BCUT2D eigenvalue weighted by Crippen LogP contribution is 2.19. The molecule has 1 aliphatic rings. The molecule has 0 saturated carbocycles. The average Bonchev–Trinajstić information content (AvgIpc) is 2.85. The fraction of sp³-hybridized carbons (Fsp3) is 0.375. The summed E-state index contributed by atoms with van der Waals surface area (Å²) in [5.74, 6) is -0.611. The summed E-state index contributed by atoms with van der Waals surface area (Å²) in [7, 11) is 0. The van der Waals surface area contributed by atoms with Gasteiger partial charge < -0.3 is 9.64 Å². The van der Waals surface area contributed by atoms with E-state index in [-0.39, 0.29) is 30.8 Å². The van der Waals surface area contributed by atoms with Crippen molar-refractivity contribution in [2.75, 3.05) is 19.7 Å². The maximum absolute atomic E-state index is 11.9. The summed E-state index contributed by atoms with van der Waals surface area (Å²) in [6.45, 7) is 4.81. The van der Waals surface area contributed by atoms with Crippen LogP contribution in [0.15, 0.2) is 43.0 Å². The molecular formula is C16H19NO3. The standard InChI is InChI=1S/C16H19NO3/c1-2-10-20-16(19)14-11-15(18)17(12-14)9-8-13-6-4-3-5-7-13/h2-7,14H,1,8-12H2. The molecule has 4 nitrogen and oxygen atoms in total. The Morgan fingerprint density at radius 3 is 2.85 bits per heavy atom. The zero-order valence-corrected chi connectivity index (χ0v) is 11.5. The van der Waals surface area contributed by atoms with E-state index in [9.17, 15) is 9.59 Å². The lowest BCUT2D eigenvalue weighted by Gasteiger charge is -2.16. The fourth-order valence-electron chi connectivity index (χ4n) is 2.31. The van der Waals surface area contributed by atoms with Crippen LogP contribution in [-0.2, 0) is 20.7 Å². The molecule has 1 fully saturated rings. The molecule has 4 heteroatoms. The molecule has 0 spiro atoms.